The number of allylic oxidation sites excluding steroid dienone is 1. The molecule has 0 amide bonds. The summed E-state index contributed by atoms with van der Waals surface area (Å²) in [4.78, 5) is 28.8. The molecule has 0 aliphatic carbocycles. The van der Waals surface area contributed by atoms with Gasteiger partial charge in [0.2, 0.25) is 0 Å². The fourth-order valence-electron chi connectivity index (χ4n) is 1.64. The van der Waals surface area contributed by atoms with Gasteiger partial charge in [0.15, 0.2) is 0 Å². The second-order valence-electron chi connectivity index (χ2n) is 5.69. The zero-order chi connectivity index (χ0) is 15.8. The molecule has 2 aromatic rings. The summed E-state index contributed by atoms with van der Waals surface area (Å²) in [6, 6.07) is 4.00. The standard InChI is InChI=1S/C14H15N3O4/c1-14(2,3)12(18)7-11-13(19)16-9-5-4-8(17(20)21)6-10(9)15-11/h4-7,18H,1-3H3,(H,16,19). The lowest BCUT2D eigenvalue weighted by Crippen LogP contribution is -2.15. The third-order valence-corrected chi connectivity index (χ3v) is 2.96. The normalized spacial score (nSPS) is 12.6. The van der Waals surface area contributed by atoms with Crippen molar-refractivity contribution >= 4 is 22.8 Å². The van der Waals surface area contributed by atoms with Gasteiger partial charge in [-0.25, -0.2) is 4.98 Å². The second-order valence-corrected chi connectivity index (χ2v) is 5.69. The molecule has 2 rings (SSSR count). The molecule has 0 radical (unpaired) electrons. The van der Waals surface area contributed by atoms with Crippen LogP contribution in [0, 0.1) is 15.5 Å². The molecule has 7 nitrogen and oxygen atoms in total. The van der Waals surface area contributed by atoms with Gasteiger partial charge in [0.05, 0.1) is 21.7 Å². The summed E-state index contributed by atoms with van der Waals surface area (Å²) in [5.74, 6) is 0.00489. The minimum absolute atomic E-state index is 0.00489. The number of non-ortho nitro benzene ring substituents is 1. The number of fused-ring (bicyclic) bond motifs is 1. The average molecular weight is 289 g/mol. The van der Waals surface area contributed by atoms with E-state index in [1.54, 1.807) is 20.8 Å². The van der Waals surface area contributed by atoms with E-state index in [0.29, 0.717) is 5.52 Å². The Morgan fingerprint density at radius 1 is 1.43 bits per heavy atom. The summed E-state index contributed by atoms with van der Waals surface area (Å²) in [5, 5.41) is 20.7. The number of nitro groups is 1. The predicted octanol–water partition coefficient (Wildman–Crippen LogP) is 2.78. The maximum Gasteiger partial charge on any atom is 0.274 e. The molecule has 0 bridgehead atoms. The second kappa shape index (κ2) is 5.01. The highest BCUT2D eigenvalue weighted by atomic mass is 16.6. The Labute approximate surface area is 120 Å². The molecule has 1 aromatic carbocycles. The molecule has 0 unspecified atom stereocenters. The van der Waals surface area contributed by atoms with Crippen molar-refractivity contribution in [1.29, 1.82) is 0 Å². The lowest BCUT2D eigenvalue weighted by Gasteiger charge is -2.16. The Kier molecular flexibility index (Phi) is 3.51. The molecule has 0 aliphatic rings. The Hall–Kier alpha value is -2.70. The van der Waals surface area contributed by atoms with E-state index >= 15 is 0 Å². The topological polar surface area (TPSA) is 109 Å². The molecule has 2 N–H and O–H groups in total. The van der Waals surface area contributed by atoms with Crippen LogP contribution in [0.3, 0.4) is 0 Å². The molecule has 1 aromatic heterocycles. The predicted molar refractivity (Wildman–Crippen MR) is 79.1 cm³/mol. The number of nitro benzene ring substituents is 1. The van der Waals surface area contributed by atoms with E-state index < -0.39 is 15.9 Å². The van der Waals surface area contributed by atoms with Crippen LogP contribution in [0.1, 0.15) is 26.5 Å². The van der Waals surface area contributed by atoms with Crippen LogP contribution < -0.4 is 5.56 Å². The zero-order valence-corrected chi connectivity index (χ0v) is 11.9. The van der Waals surface area contributed by atoms with Gasteiger partial charge in [0.25, 0.3) is 11.2 Å². The van der Waals surface area contributed by atoms with Crippen LogP contribution in [0.15, 0.2) is 28.8 Å². The van der Waals surface area contributed by atoms with Gasteiger partial charge in [0.1, 0.15) is 5.69 Å². The molecule has 1 heterocycles. The lowest BCUT2D eigenvalue weighted by molar-refractivity contribution is -0.384. The number of aromatic nitrogens is 2. The molecular weight excluding hydrogens is 274 g/mol. The van der Waals surface area contributed by atoms with Gasteiger partial charge in [-0.2, -0.15) is 0 Å². The van der Waals surface area contributed by atoms with Gasteiger partial charge in [-0.3, -0.25) is 14.9 Å². The Balaban J connectivity index is 2.63. The fourth-order valence-corrected chi connectivity index (χ4v) is 1.64. The number of hydrogen-bond donors (Lipinski definition) is 2. The molecule has 0 saturated heterocycles. The van der Waals surface area contributed by atoms with Gasteiger partial charge < -0.3 is 10.1 Å². The SMILES string of the molecule is CC(C)(C)C(O)=Cc1nc2cc([N+](=O)[O-])ccc2[nH]c1=O. The Morgan fingerprint density at radius 3 is 2.67 bits per heavy atom. The van der Waals surface area contributed by atoms with E-state index in [0.717, 1.165) is 0 Å². The number of benzene rings is 1. The third kappa shape index (κ3) is 3.07. The Bertz CT molecular complexity index is 800. The van der Waals surface area contributed by atoms with Crippen molar-refractivity contribution in [2.45, 2.75) is 20.8 Å². The smallest absolute Gasteiger partial charge is 0.274 e. The summed E-state index contributed by atoms with van der Waals surface area (Å²) in [5.41, 5.74) is -0.402. The van der Waals surface area contributed by atoms with Gasteiger partial charge in [-0.15, -0.1) is 0 Å². The number of aromatic amines is 1. The first-order valence-electron chi connectivity index (χ1n) is 6.28. The zero-order valence-electron chi connectivity index (χ0n) is 11.9. The van der Waals surface area contributed by atoms with E-state index in [9.17, 15) is 20.0 Å². The van der Waals surface area contributed by atoms with Crippen LogP contribution in [0.25, 0.3) is 17.1 Å². The first-order valence-corrected chi connectivity index (χ1v) is 6.28. The van der Waals surface area contributed by atoms with Crippen molar-refractivity contribution in [3.63, 3.8) is 0 Å². The molecule has 0 aliphatic heterocycles. The van der Waals surface area contributed by atoms with Crippen LogP contribution in [0.2, 0.25) is 0 Å². The maximum absolute atomic E-state index is 11.9. The maximum atomic E-state index is 11.9. The van der Waals surface area contributed by atoms with Crippen LogP contribution in [0.5, 0.6) is 0 Å². The quantitative estimate of drug-likeness (QED) is 0.502. The van der Waals surface area contributed by atoms with Gasteiger partial charge >= 0.3 is 0 Å². The van der Waals surface area contributed by atoms with E-state index in [2.05, 4.69) is 9.97 Å². The number of aliphatic hydroxyl groups is 1. The van der Waals surface area contributed by atoms with Crippen molar-refractivity contribution in [2.75, 3.05) is 0 Å². The molecular formula is C14H15N3O4. The van der Waals surface area contributed by atoms with E-state index in [1.165, 1.54) is 24.3 Å². The minimum atomic E-state index is -0.533. The highest BCUT2D eigenvalue weighted by Gasteiger charge is 2.17. The van der Waals surface area contributed by atoms with Crippen molar-refractivity contribution in [3.05, 3.63) is 50.1 Å². The summed E-state index contributed by atoms with van der Waals surface area (Å²) in [6.45, 7) is 5.37. The van der Waals surface area contributed by atoms with Crippen LogP contribution >= 0.6 is 0 Å². The first-order chi connectivity index (χ1) is 9.68. The molecule has 0 saturated carbocycles. The van der Waals surface area contributed by atoms with Crippen molar-refractivity contribution in [1.82, 2.24) is 9.97 Å². The summed E-state index contributed by atoms with van der Waals surface area (Å²) in [7, 11) is 0. The summed E-state index contributed by atoms with van der Waals surface area (Å²) >= 11 is 0. The lowest BCUT2D eigenvalue weighted by atomic mass is 9.93. The average Bonchev–Trinajstić information content (AvgIpc) is 2.37. The third-order valence-electron chi connectivity index (χ3n) is 2.96. The van der Waals surface area contributed by atoms with Gasteiger partial charge in [0, 0.05) is 23.6 Å². The number of hydrogen-bond acceptors (Lipinski definition) is 5. The van der Waals surface area contributed by atoms with E-state index in [-0.39, 0.29) is 22.7 Å². The number of aliphatic hydroxyl groups excluding tert-OH is 1. The van der Waals surface area contributed by atoms with Crippen LogP contribution in [-0.2, 0) is 0 Å². The van der Waals surface area contributed by atoms with E-state index in [1.807, 2.05) is 0 Å². The Morgan fingerprint density at radius 2 is 2.10 bits per heavy atom. The molecule has 21 heavy (non-hydrogen) atoms. The van der Waals surface area contributed by atoms with Crippen molar-refractivity contribution < 1.29 is 10.0 Å². The molecule has 0 atom stereocenters. The highest BCUT2D eigenvalue weighted by Crippen LogP contribution is 2.24. The number of nitrogens with one attached hydrogen (secondary N) is 1. The number of rotatable bonds is 2. The highest BCUT2D eigenvalue weighted by molar-refractivity contribution is 5.77. The van der Waals surface area contributed by atoms with Crippen molar-refractivity contribution in [3.8, 4) is 0 Å². The summed E-state index contributed by atoms with van der Waals surface area (Å²) < 4.78 is 0. The van der Waals surface area contributed by atoms with Crippen LogP contribution in [-0.4, -0.2) is 20.0 Å². The van der Waals surface area contributed by atoms with Gasteiger partial charge in [-0.1, -0.05) is 20.8 Å². The molecule has 7 heteroatoms. The molecule has 0 spiro atoms. The largest absolute Gasteiger partial charge is 0.512 e. The number of nitrogens with zero attached hydrogens (tertiary/aromatic N) is 2. The summed E-state index contributed by atoms with van der Waals surface area (Å²) in [6.07, 6.45) is 1.27. The fraction of sp³-hybridized carbons (Fsp3) is 0.286. The first kappa shape index (κ1) is 14.7. The monoisotopic (exact) mass is 289 g/mol. The minimum Gasteiger partial charge on any atom is -0.512 e. The molecule has 0 fully saturated rings. The van der Waals surface area contributed by atoms with Gasteiger partial charge in [-0.05, 0) is 6.07 Å². The number of H-pyrrole nitrogens is 1. The molecule has 110 valence electrons. The van der Waals surface area contributed by atoms with Crippen molar-refractivity contribution in [2.24, 2.45) is 5.41 Å². The van der Waals surface area contributed by atoms with E-state index in [4.69, 9.17) is 0 Å². The van der Waals surface area contributed by atoms with Crippen LogP contribution in [0.4, 0.5) is 5.69 Å².